The minimum atomic E-state index is 0.284. The summed E-state index contributed by atoms with van der Waals surface area (Å²) >= 11 is 0. The first kappa shape index (κ1) is 11.0. The van der Waals surface area contributed by atoms with Gasteiger partial charge in [-0.2, -0.15) is 5.10 Å². The quantitative estimate of drug-likeness (QED) is 0.854. The van der Waals surface area contributed by atoms with Gasteiger partial charge >= 0.3 is 0 Å². The lowest BCUT2D eigenvalue weighted by Crippen LogP contribution is -2.29. The Hall–Kier alpha value is -1.55. The topological polar surface area (TPSA) is 41.3 Å². The Bertz CT molecular complexity index is 490. The van der Waals surface area contributed by atoms with Crippen LogP contribution in [-0.4, -0.2) is 39.9 Å². The maximum atomic E-state index is 9.46. The van der Waals surface area contributed by atoms with Crippen LogP contribution in [0, 0.1) is 0 Å². The van der Waals surface area contributed by atoms with Gasteiger partial charge in [0.1, 0.15) is 5.75 Å². The smallest absolute Gasteiger partial charge is 0.117 e. The Balaban J connectivity index is 2.34. The van der Waals surface area contributed by atoms with Crippen molar-refractivity contribution in [1.29, 1.82) is 0 Å². The fourth-order valence-corrected chi connectivity index (χ4v) is 1.62. The Labute approximate surface area is 95.1 Å². The third-order valence-electron chi connectivity index (χ3n) is 2.95. The molecule has 0 spiro atoms. The highest BCUT2D eigenvalue weighted by Gasteiger charge is 2.09. The van der Waals surface area contributed by atoms with E-state index in [-0.39, 0.29) is 5.75 Å². The van der Waals surface area contributed by atoms with Crippen LogP contribution in [0.1, 0.15) is 6.92 Å². The summed E-state index contributed by atoms with van der Waals surface area (Å²) in [6.45, 7) is 2.97. The van der Waals surface area contributed by atoms with E-state index in [1.807, 2.05) is 31.0 Å². The maximum absolute atomic E-state index is 9.46. The molecule has 4 heteroatoms. The van der Waals surface area contributed by atoms with Gasteiger partial charge in [0.2, 0.25) is 0 Å². The second-order valence-electron chi connectivity index (χ2n) is 4.38. The van der Waals surface area contributed by atoms with Crippen molar-refractivity contribution in [3.63, 3.8) is 0 Å². The Kier molecular flexibility index (Phi) is 2.83. The zero-order chi connectivity index (χ0) is 11.7. The molecule has 4 nitrogen and oxygen atoms in total. The first-order valence-corrected chi connectivity index (χ1v) is 5.39. The van der Waals surface area contributed by atoms with Crippen molar-refractivity contribution >= 4 is 10.9 Å². The largest absolute Gasteiger partial charge is 0.508 e. The average Bonchev–Trinajstić information content (AvgIpc) is 2.61. The summed E-state index contributed by atoms with van der Waals surface area (Å²) in [6.07, 6.45) is 1.83. The molecule has 86 valence electrons. The number of phenolic OH excluding ortho intramolecular Hbond substituents is 1. The summed E-state index contributed by atoms with van der Waals surface area (Å²) in [6, 6.07) is 5.73. The van der Waals surface area contributed by atoms with Gasteiger partial charge in [-0.1, -0.05) is 0 Å². The lowest BCUT2D eigenvalue weighted by atomic mass is 10.2. The third-order valence-corrected chi connectivity index (χ3v) is 2.95. The number of nitrogens with zero attached hydrogens (tertiary/aromatic N) is 3. The molecular weight excluding hydrogens is 202 g/mol. The molecule has 0 aliphatic rings. The number of hydrogen-bond donors (Lipinski definition) is 1. The number of benzene rings is 1. The zero-order valence-corrected chi connectivity index (χ0v) is 9.88. The van der Waals surface area contributed by atoms with Crippen LogP contribution in [0.5, 0.6) is 5.75 Å². The summed E-state index contributed by atoms with van der Waals surface area (Å²) in [7, 11) is 4.10. The Morgan fingerprint density at radius 2 is 2.19 bits per heavy atom. The van der Waals surface area contributed by atoms with E-state index < -0.39 is 0 Å². The van der Waals surface area contributed by atoms with Gasteiger partial charge in [-0.3, -0.25) is 4.68 Å². The van der Waals surface area contributed by atoms with Crippen molar-refractivity contribution in [3.8, 4) is 5.75 Å². The average molecular weight is 219 g/mol. The van der Waals surface area contributed by atoms with Crippen LogP contribution < -0.4 is 0 Å². The Morgan fingerprint density at radius 3 is 2.88 bits per heavy atom. The highest BCUT2D eigenvalue weighted by Crippen LogP contribution is 2.19. The van der Waals surface area contributed by atoms with Crippen LogP contribution in [-0.2, 0) is 6.54 Å². The second kappa shape index (κ2) is 4.14. The van der Waals surface area contributed by atoms with Gasteiger partial charge in [-0.25, -0.2) is 0 Å². The second-order valence-corrected chi connectivity index (χ2v) is 4.38. The summed E-state index contributed by atoms with van der Waals surface area (Å²) in [5, 5.41) is 14.9. The van der Waals surface area contributed by atoms with E-state index >= 15 is 0 Å². The van der Waals surface area contributed by atoms with Crippen LogP contribution in [0.4, 0.5) is 0 Å². The number of aromatic hydroxyl groups is 1. The number of aromatic nitrogens is 2. The van der Waals surface area contributed by atoms with Gasteiger partial charge in [0.05, 0.1) is 18.3 Å². The molecule has 16 heavy (non-hydrogen) atoms. The number of rotatable bonds is 3. The van der Waals surface area contributed by atoms with Crippen LogP contribution in [0.2, 0.25) is 0 Å². The van der Waals surface area contributed by atoms with Gasteiger partial charge in [-0.15, -0.1) is 0 Å². The van der Waals surface area contributed by atoms with Crippen molar-refractivity contribution in [1.82, 2.24) is 14.7 Å². The van der Waals surface area contributed by atoms with E-state index in [0.717, 1.165) is 17.4 Å². The summed E-state index contributed by atoms with van der Waals surface area (Å²) in [5.74, 6) is 0.284. The highest BCUT2D eigenvalue weighted by molar-refractivity contribution is 5.79. The van der Waals surface area contributed by atoms with Gasteiger partial charge in [0.25, 0.3) is 0 Å². The van der Waals surface area contributed by atoms with Crippen LogP contribution in [0.25, 0.3) is 10.9 Å². The fraction of sp³-hybridized carbons (Fsp3) is 0.417. The van der Waals surface area contributed by atoms with Crippen LogP contribution in [0.3, 0.4) is 0 Å². The molecule has 1 atom stereocenters. The minimum Gasteiger partial charge on any atom is -0.508 e. The van der Waals surface area contributed by atoms with Crippen molar-refractivity contribution in [2.75, 3.05) is 14.1 Å². The number of likely N-dealkylation sites (N-methyl/N-ethyl adjacent to an activating group) is 1. The van der Waals surface area contributed by atoms with Crippen LogP contribution >= 0.6 is 0 Å². The lowest BCUT2D eigenvalue weighted by molar-refractivity contribution is 0.278. The van der Waals surface area contributed by atoms with E-state index in [4.69, 9.17) is 0 Å². The summed E-state index contributed by atoms with van der Waals surface area (Å²) in [5.41, 5.74) is 0.980. The molecule has 0 bridgehead atoms. The van der Waals surface area contributed by atoms with Crippen molar-refractivity contribution in [2.24, 2.45) is 0 Å². The standard InChI is InChI=1S/C12H17N3O/c1-9(14(2)3)8-15-12-6-11(16)5-4-10(12)7-13-15/h4-7,9,16H,8H2,1-3H3/t9-/m0/s1. The van der Waals surface area contributed by atoms with Crippen molar-refractivity contribution < 1.29 is 5.11 Å². The normalized spacial score (nSPS) is 13.5. The number of fused-ring (bicyclic) bond motifs is 1. The fourth-order valence-electron chi connectivity index (χ4n) is 1.62. The molecular formula is C12H17N3O. The van der Waals surface area contributed by atoms with Crippen molar-refractivity contribution in [3.05, 3.63) is 24.4 Å². The van der Waals surface area contributed by atoms with Gasteiger partial charge in [0, 0.05) is 17.5 Å². The number of hydrogen-bond acceptors (Lipinski definition) is 3. The van der Waals surface area contributed by atoms with Crippen LogP contribution in [0.15, 0.2) is 24.4 Å². The van der Waals surface area contributed by atoms with E-state index in [9.17, 15) is 5.11 Å². The molecule has 2 aromatic rings. The Morgan fingerprint density at radius 1 is 1.44 bits per heavy atom. The first-order valence-electron chi connectivity index (χ1n) is 5.39. The van der Waals surface area contributed by atoms with Crippen molar-refractivity contribution in [2.45, 2.75) is 19.5 Å². The van der Waals surface area contributed by atoms with E-state index in [0.29, 0.717) is 6.04 Å². The van der Waals surface area contributed by atoms with Gasteiger partial charge in [-0.05, 0) is 33.2 Å². The SMILES string of the molecule is C[C@@H](Cn1ncc2ccc(O)cc21)N(C)C. The molecule has 0 saturated carbocycles. The molecule has 0 fully saturated rings. The third kappa shape index (κ3) is 2.02. The minimum absolute atomic E-state index is 0.284. The summed E-state index contributed by atoms with van der Waals surface area (Å²) in [4.78, 5) is 2.15. The monoisotopic (exact) mass is 219 g/mol. The predicted molar refractivity (Wildman–Crippen MR) is 64.5 cm³/mol. The molecule has 0 aliphatic carbocycles. The molecule has 1 heterocycles. The van der Waals surface area contributed by atoms with E-state index in [1.54, 1.807) is 12.1 Å². The molecule has 0 unspecified atom stereocenters. The van der Waals surface area contributed by atoms with E-state index in [1.165, 1.54) is 0 Å². The molecule has 0 amide bonds. The van der Waals surface area contributed by atoms with Gasteiger partial charge < -0.3 is 10.0 Å². The molecule has 2 rings (SSSR count). The summed E-state index contributed by atoms with van der Waals surface area (Å²) < 4.78 is 1.93. The first-order chi connectivity index (χ1) is 7.58. The molecule has 0 aliphatic heterocycles. The molecule has 0 radical (unpaired) electrons. The molecule has 1 aromatic heterocycles. The zero-order valence-electron chi connectivity index (χ0n) is 9.88. The predicted octanol–water partition coefficient (Wildman–Crippen LogP) is 1.69. The number of phenols is 1. The maximum Gasteiger partial charge on any atom is 0.117 e. The van der Waals surface area contributed by atoms with E-state index in [2.05, 4.69) is 16.9 Å². The molecule has 0 saturated heterocycles. The lowest BCUT2D eigenvalue weighted by Gasteiger charge is -2.19. The molecule has 1 aromatic carbocycles. The highest BCUT2D eigenvalue weighted by atomic mass is 16.3. The molecule has 1 N–H and O–H groups in total. The van der Waals surface area contributed by atoms with Gasteiger partial charge in [0.15, 0.2) is 0 Å².